The summed E-state index contributed by atoms with van der Waals surface area (Å²) in [5.41, 5.74) is 1.15. The number of carbonyl (C=O) groups excluding carboxylic acids is 1. The number of likely N-dealkylation sites (tertiary alicyclic amines) is 1. The smallest absolute Gasteiger partial charge is 0.335 e. The first-order valence-electron chi connectivity index (χ1n) is 7.34. The number of amides is 2. The van der Waals surface area contributed by atoms with Crippen molar-refractivity contribution in [2.24, 2.45) is 5.92 Å². The molecule has 0 aromatic heterocycles. The van der Waals surface area contributed by atoms with Gasteiger partial charge in [0.25, 0.3) is 0 Å². The van der Waals surface area contributed by atoms with Gasteiger partial charge in [-0.1, -0.05) is 19.1 Å². The van der Waals surface area contributed by atoms with Crippen LogP contribution in [0.15, 0.2) is 24.3 Å². The first-order chi connectivity index (χ1) is 9.97. The number of aromatic carboxylic acids is 1. The van der Waals surface area contributed by atoms with Crippen molar-refractivity contribution < 1.29 is 14.7 Å². The van der Waals surface area contributed by atoms with Crippen LogP contribution in [0.2, 0.25) is 0 Å². The highest BCUT2D eigenvalue weighted by atomic mass is 16.4. The largest absolute Gasteiger partial charge is 0.478 e. The minimum Gasteiger partial charge on any atom is -0.478 e. The lowest BCUT2D eigenvalue weighted by Gasteiger charge is -2.36. The van der Waals surface area contributed by atoms with Crippen molar-refractivity contribution in [1.82, 2.24) is 10.2 Å². The maximum Gasteiger partial charge on any atom is 0.335 e. The molecule has 114 valence electrons. The first kappa shape index (κ1) is 15.4. The Morgan fingerprint density at radius 3 is 2.52 bits per heavy atom. The van der Waals surface area contributed by atoms with E-state index < -0.39 is 5.97 Å². The summed E-state index contributed by atoms with van der Waals surface area (Å²) in [6.45, 7) is 5.51. The van der Waals surface area contributed by atoms with Gasteiger partial charge in [0.05, 0.1) is 5.56 Å². The van der Waals surface area contributed by atoms with Crippen LogP contribution in [0.5, 0.6) is 0 Å². The van der Waals surface area contributed by atoms with Gasteiger partial charge in [0.15, 0.2) is 0 Å². The standard InChI is InChI=1S/C16H22N2O3/c1-11-7-8-18(12(2)9-11)16(21)17-10-13-3-5-14(6-4-13)15(19)20/h3-6,11-12H,7-10H2,1-2H3,(H,17,21)(H,19,20). The van der Waals surface area contributed by atoms with Gasteiger partial charge in [-0.15, -0.1) is 0 Å². The Bertz CT molecular complexity index is 513. The van der Waals surface area contributed by atoms with Crippen molar-refractivity contribution in [3.8, 4) is 0 Å². The van der Waals surface area contributed by atoms with Crippen LogP contribution in [-0.2, 0) is 6.54 Å². The Morgan fingerprint density at radius 2 is 1.95 bits per heavy atom. The van der Waals surface area contributed by atoms with E-state index in [0.29, 0.717) is 12.5 Å². The van der Waals surface area contributed by atoms with Crippen molar-refractivity contribution >= 4 is 12.0 Å². The Kier molecular flexibility index (Phi) is 4.83. The lowest BCUT2D eigenvalue weighted by molar-refractivity contribution is 0.0696. The highest BCUT2D eigenvalue weighted by Crippen LogP contribution is 2.21. The zero-order valence-electron chi connectivity index (χ0n) is 12.5. The fourth-order valence-electron chi connectivity index (χ4n) is 2.75. The molecule has 2 amide bonds. The van der Waals surface area contributed by atoms with Gasteiger partial charge in [0.1, 0.15) is 0 Å². The molecule has 1 fully saturated rings. The lowest BCUT2D eigenvalue weighted by Crippen LogP contribution is -2.48. The van der Waals surface area contributed by atoms with Crippen LogP contribution in [0, 0.1) is 5.92 Å². The van der Waals surface area contributed by atoms with Crippen LogP contribution in [-0.4, -0.2) is 34.6 Å². The van der Waals surface area contributed by atoms with Gasteiger partial charge >= 0.3 is 12.0 Å². The van der Waals surface area contributed by atoms with Crippen LogP contribution >= 0.6 is 0 Å². The van der Waals surface area contributed by atoms with E-state index in [1.165, 1.54) is 0 Å². The molecule has 0 radical (unpaired) electrons. The number of benzene rings is 1. The fraction of sp³-hybridized carbons (Fsp3) is 0.500. The van der Waals surface area contributed by atoms with E-state index in [1.807, 2.05) is 4.90 Å². The minimum absolute atomic E-state index is 0.0447. The molecular formula is C16H22N2O3. The molecule has 2 atom stereocenters. The number of nitrogens with zero attached hydrogens (tertiary/aromatic N) is 1. The Morgan fingerprint density at radius 1 is 1.29 bits per heavy atom. The highest BCUT2D eigenvalue weighted by molar-refractivity contribution is 5.87. The molecule has 0 spiro atoms. The van der Waals surface area contributed by atoms with E-state index in [-0.39, 0.29) is 17.6 Å². The quantitative estimate of drug-likeness (QED) is 0.899. The molecule has 1 aromatic carbocycles. The summed E-state index contributed by atoms with van der Waals surface area (Å²) in [5.74, 6) is -0.269. The summed E-state index contributed by atoms with van der Waals surface area (Å²) in [6.07, 6.45) is 2.09. The SMILES string of the molecule is CC1CCN(C(=O)NCc2ccc(C(=O)O)cc2)C(C)C1. The molecule has 1 aromatic rings. The molecule has 0 bridgehead atoms. The Hall–Kier alpha value is -2.04. The van der Waals surface area contributed by atoms with Gasteiger partial charge in [-0.3, -0.25) is 0 Å². The maximum absolute atomic E-state index is 12.2. The van der Waals surface area contributed by atoms with E-state index in [9.17, 15) is 9.59 Å². The summed E-state index contributed by atoms with van der Waals surface area (Å²) in [5, 5.41) is 11.7. The van der Waals surface area contributed by atoms with Crippen molar-refractivity contribution in [3.63, 3.8) is 0 Å². The molecule has 1 aliphatic rings. The van der Waals surface area contributed by atoms with Gasteiger partial charge in [-0.25, -0.2) is 9.59 Å². The zero-order chi connectivity index (χ0) is 15.4. The van der Waals surface area contributed by atoms with Crippen LogP contribution in [0.25, 0.3) is 0 Å². The van der Waals surface area contributed by atoms with Crippen molar-refractivity contribution in [1.29, 1.82) is 0 Å². The summed E-state index contributed by atoms with van der Waals surface area (Å²) in [7, 11) is 0. The lowest BCUT2D eigenvalue weighted by atomic mass is 9.94. The molecule has 1 heterocycles. The van der Waals surface area contributed by atoms with Crippen molar-refractivity contribution in [2.75, 3.05) is 6.54 Å². The predicted molar refractivity (Wildman–Crippen MR) is 80.2 cm³/mol. The summed E-state index contributed by atoms with van der Waals surface area (Å²) in [4.78, 5) is 24.8. The summed E-state index contributed by atoms with van der Waals surface area (Å²) < 4.78 is 0. The van der Waals surface area contributed by atoms with Crippen LogP contribution in [0.1, 0.15) is 42.6 Å². The predicted octanol–water partition coefficient (Wildman–Crippen LogP) is 2.71. The fourth-order valence-corrected chi connectivity index (χ4v) is 2.75. The molecule has 2 N–H and O–H groups in total. The van der Waals surface area contributed by atoms with Gasteiger partial charge in [0, 0.05) is 19.1 Å². The minimum atomic E-state index is -0.943. The number of carbonyl (C=O) groups is 2. The second-order valence-corrected chi connectivity index (χ2v) is 5.83. The number of urea groups is 1. The van der Waals surface area contributed by atoms with Crippen LogP contribution in [0.3, 0.4) is 0 Å². The maximum atomic E-state index is 12.2. The monoisotopic (exact) mass is 290 g/mol. The van der Waals surface area contributed by atoms with Crippen LogP contribution < -0.4 is 5.32 Å². The van der Waals surface area contributed by atoms with E-state index in [0.717, 1.165) is 24.9 Å². The third-order valence-corrected chi connectivity index (χ3v) is 4.04. The molecule has 5 heteroatoms. The molecule has 2 rings (SSSR count). The number of nitrogens with one attached hydrogen (secondary N) is 1. The van der Waals surface area contributed by atoms with Crippen LogP contribution in [0.4, 0.5) is 4.79 Å². The van der Waals surface area contributed by atoms with E-state index >= 15 is 0 Å². The Labute approximate surface area is 125 Å². The third kappa shape index (κ3) is 3.97. The number of hydrogen-bond donors (Lipinski definition) is 2. The average Bonchev–Trinajstić information content (AvgIpc) is 2.45. The van der Waals surface area contributed by atoms with Crippen molar-refractivity contribution in [2.45, 2.75) is 39.3 Å². The topological polar surface area (TPSA) is 69.6 Å². The number of hydrogen-bond acceptors (Lipinski definition) is 2. The second kappa shape index (κ2) is 6.61. The molecule has 1 aliphatic heterocycles. The van der Waals surface area contributed by atoms with Gasteiger partial charge in [-0.05, 0) is 43.4 Å². The number of carboxylic acids is 1. The molecule has 5 nitrogen and oxygen atoms in total. The number of piperidine rings is 1. The molecule has 21 heavy (non-hydrogen) atoms. The molecule has 0 aliphatic carbocycles. The molecule has 2 unspecified atom stereocenters. The number of rotatable bonds is 3. The first-order valence-corrected chi connectivity index (χ1v) is 7.34. The zero-order valence-corrected chi connectivity index (χ0v) is 12.5. The van der Waals surface area contributed by atoms with Gasteiger partial charge < -0.3 is 15.3 Å². The average molecular weight is 290 g/mol. The molecular weight excluding hydrogens is 268 g/mol. The second-order valence-electron chi connectivity index (χ2n) is 5.83. The van der Waals surface area contributed by atoms with Crippen molar-refractivity contribution in [3.05, 3.63) is 35.4 Å². The molecule has 1 saturated heterocycles. The van der Waals surface area contributed by atoms with E-state index in [4.69, 9.17) is 5.11 Å². The van der Waals surface area contributed by atoms with E-state index in [1.54, 1.807) is 24.3 Å². The molecule has 0 saturated carbocycles. The summed E-state index contributed by atoms with van der Waals surface area (Å²) >= 11 is 0. The Balaban J connectivity index is 1.87. The number of carboxylic acid groups (broad SMARTS) is 1. The van der Waals surface area contributed by atoms with Gasteiger partial charge in [0.2, 0.25) is 0 Å². The van der Waals surface area contributed by atoms with E-state index in [2.05, 4.69) is 19.2 Å². The van der Waals surface area contributed by atoms with Gasteiger partial charge in [-0.2, -0.15) is 0 Å². The summed E-state index contributed by atoms with van der Waals surface area (Å²) in [6, 6.07) is 6.78. The normalized spacial score (nSPS) is 21.9. The third-order valence-electron chi connectivity index (χ3n) is 4.04. The highest BCUT2D eigenvalue weighted by Gasteiger charge is 2.26.